The van der Waals surface area contributed by atoms with Crippen LogP contribution in [0.25, 0.3) is 0 Å². The molecule has 0 atom stereocenters. The number of nitrogens with zero attached hydrogens (tertiary/aromatic N) is 2. The van der Waals surface area contributed by atoms with Gasteiger partial charge in [-0.3, -0.25) is 0 Å². The molecule has 1 aromatic carbocycles. The van der Waals surface area contributed by atoms with Crippen molar-refractivity contribution in [2.24, 2.45) is 0 Å². The summed E-state index contributed by atoms with van der Waals surface area (Å²) in [5.41, 5.74) is 7.21. The molecule has 0 bridgehead atoms. The minimum absolute atomic E-state index is 0.0713. The zero-order valence-electron chi connectivity index (χ0n) is 11.0. The predicted molar refractivity (Wildman–Crippen MR) is 71.4 cm³/mol. The minimum Gasteiger partial charge on any atom is -0.394 e. The highest BCUT2D eigenvalue weighted by molar-refractivity contribution is 5.71. The van der Waals surface area contributed by atoms with Crippen LogP contribution in [0.3, 0.4) is 0 Å². The van der Waals surface area contributed by atoms with Crippen LogP contribution in [0.15, 0.2) is 18.2 Å². The number of nitrogens with one attached hydrogen (secondary N) is 1. The van der Waals surface area contributed by atoms with Crippen molar-refractivity contribution in [3.8, 4) is 0 Å². The molecule has 0 aliphatic carbocycles. The van der Waals surface area contributed by atoms with Gasteiger partial charge in [0, 0.05) is 12.1 Å². The average molecular weight is 266 g/mol. The lowest BCUT2D eigenvalue weighted by Gasteiger charge is -2.13. The lowest BCUT2D eigenvalue weighted by molar-refractivity contribution is 0.535. The lowest BCUT2D eigenvalue weighted by atomic mass is 10.3. The summed E-state index contributed by atoms with van der Waals surface area (Å²) in [6, 6.07) is 3.41. The Morgan fingerprint density at radius 3 is 2.58 bits per heavy atom. The number of nitrogens with two attached hydrogens (primary N) is 1. The number of halogens is 2. The van der Waals surface area contributed by atoms with Crippen LogP contribution in [0, 0.1) is 18.6 Å². The van der Waals surface area contributed by atoms with Gasteiger partial charge in [0.15, 0.2) is 5.82 Å². The normalized spacial score (nSPS) is 11.1. The van der Waals surface area contributed by atoms with Gasteiger partial charge in [-0.15, -0.1) is 0 Å². The minimum atomic E-state index is -0.673. The van der Waals surface area contributed by atoms with E-state index in [1.54, 1.807) is 11.6 Å². The molecule has 0 saturated heterocycles. The molecule has 0 aliphatic heterocycles. The Morgan fingerprint density at radius 2 is 2.00 bits per heavy atom. The highest BCUT2D eigenvalue weighted by Gasteiger charge is 2.16. The van der Waals surface area contributed by atoms with Gasteiger partial charge in [0.2, 0.25) is 0 Å². The third kappa shape index (κ3) is 2.52. The lowest BCUT2D eigenvalue weighted by Crippen LogP contribution is -2.08. The summed E-state index contributed by atoms with van der Waals surface area (Å²) in [5, 5.41) is 7.16. The van der Waals surface area contributed by atoms with Crippen molar-refractivity contribution in [2.75, 3.05) is 11.1 Å². The number of nitrogen functional groups attached to an aromatic ring is 1. The van der Waals surface area contributed by atoms with Gasteiger partial charge in [0.25, 0.3) is 0 Å². The first kappa shape index (κ1) is 13.3. The summed E-state index contributed by atoms with van der Waals surface area (Å²) in [6.07, 6.45) is 0. The van der Waals surface area contributed by atoms with Crippen molar-refractivity contribution >= 4 is 17.2 Å². The summed E-state index contributed by atoms with van der Waals surface area (Å²) in [5.74, 6) is -0.781. The molecule has 102 valence electrons. The molecule has 0 amide bonds. The van der Waals surface area contributed by atoms with Crippen molar-refractivity contribution in [2.45, 2.75) is 26.8 Å². The van der Waals surface area contributed by atoms with Gasteiger partial charge in [0.1, 0.15) is 11.6 Å². The molecule has 1 aromatic heterocycles. The second kappa shape index (κ2) is 4.87. The summed E-state index contributed by atoms with van der Waals surface area (Å²) in [4.78, 5) is 0. The first-order chi connectivity index (χ1) is 8.90. The third-order valence-corrected chi connectivity index (χ3v) is 2.81. The molecule has 0 fully saturated rings. The number of hydrogen-bond donors (Lipinski definition) is 2. The molecular weight excluding hydrogens is 250 g/mol. The maximum absolute atomic E-state index is 13.6. The Balaban J connectivity index is 2.43. The number of aromatic nitrogens is 2. The smallest absolute Gasteiger partial charge is 0.152 e. The second-order valence-corrected chi connectivity index (χ2v) is 4.64. The predicted octanol–water partition coefficient (Wildman–Crippen LogP) is 3.38. The zero-order chi connectivity index (χ0) is 14.2. The molecule has 0 aliphatic rings. The van der Waals surface area contributed by atoms with Crippen LogP contribution in [-0.4, -0.2) is 9.78 Å². The van der Waals surface area contributed by atoms with Gasteiger partial charge in [-0.25, -0.2) is 13.5 Å². The van der Waals surface area contributed by atoms with Gasteiger partial charge in [-0.1, -0.05) is 0 Å². The van der Waals surface area contributed by atoms with E-state index in [2.05, 4.69) is 10.4 Å². The van der Waals surface area contributed by atoms with E-state index in [0.717, 1.165) is 6.07 Å². The Morgan fingerprint density at radius 1 is 1.32 bits per heavy atom. The van der Waals surface area contributed by atoms with Crippen LogP contribution in [0.1, 0.15) is 25.6 Å². The van der Waals surface area contributed by atoms with Crippen molar-refractivity contribution in [3.05, 3.63) is 35.5 Å². The number of hydrogen-bond acceptors (Lipinski definition) is 3. The van der Waals surface area contributed by atoms with E-state index in [0.29, 0.717) is 17.2 Å². The highest BCUT2D eigenvalue weighted by Crippen LogP contribution is 2.29. The first-order valence-electron chi connectivity index (χ1n) is 5.96. The van der Waals surface area contributed by atoms with Gasteiger partial charge in [-0.05, 0) is 32.9 Å². The summed E-state index contributed by atoms with van der Waals surface area (Å²) >= 11 is 0. The van der Waals surface area contributed by atoms with Crippen LogP contribution in [0.2, 0.25) is 0 Å². The fourth-order valence-electron chi connectivity index (χ4n) is 1.78. The largest absolute Gasteiger partial charge is 0.394 e. The molecule has 2 rings (SSSR count). The van der Waals surface area contributed by atoms with E-state index in [1.165, 1.54) is 12.1 Å². The molecule has 4 nitrogen and oxygen atoms in total. The Labute approximate surface area is 110 Å². The van der Waals surface area contributed by atoms with Gasteiger partial charge < -0.3 is 11.1 Å². The molecule has 2 aromatic rings. The molecule has 19 heavy (non-hydrogen) atoms. The average Bonchev–Trinajstić information content (AvgIpc) is 2.61. The summed E-state index contributed by atoms with van der Waals surface area (Å²) in [6.45, 7) is 5.66. The monoisotopic (exact) mass is 266 g/mol. The van der Waals surface area contributed by atoms with Crippen LogP contribution < -0.4 is 11.1 Å². The van der Waals surface area contributed by atoms with Crippen LogP contribution >= 0.6 is 0 Å². The second-order valence-electron chi connectivity index (χ2n) is 4.64. The fourth-order valence-corrected chi connectivity index (χ4v) is 1.78. The van der Waals surface area contributed by atoms with E-state index >= 15 is 0 Å². The van der Waals surface area contributed by atoms with Crippen molar-refractivity contribution in [3.63, 3.8) is 0 Å². The maximum atomic E-state index is 13.6. The third-order valence-electron chi connectivity index (χ3n) is 2.81. The zero-order valence-corrected chi connectivity index (χ0v) is 11.0. The Bertz CT molecular complexity index is 605. The quantitative estimate of drug-likeness (QED) is 0.895. The molecular formula is C13H16F2N4. The van der Waals surface area contributed by atoms with Crippen LogP contribution in [-0.2, 0) is 0 Å². The fraction of sp³-hybridized carbons (Fsp3) is 0.308. The topological polar surface area (TPSA) is 55.9 Å². The van der Waals surface area contributed by atoms with Crippen LogP contribution in [0.4, 0.5) is 26.0 Å². The van der Waals surface area contributed by atoms with E-state index in [-0.39, 0.29) is 11.7 Å². The number of anilines is 3. The number of aryl methyl sites for hydroxylation is 1. The van der Waals surface area contributed by atoms with E-state index in [1.807, 2.05) is 13.8 Å². The van der Waals surface area contributed by atoms with E-state index < -0.39 is 11.6 Å². The molecule has 1 heterocycles. The first-order valence-corrected chi connectivity index (χ1v) is 5.96. The summed E-state index contributed by atoms with van der Waals surface area (Å²) < 4.78 is 28.2. The van der Waals surface area contributed by atoms with Gasteiger partial charge in [-0.2, -0.15) is 5.10 Å². The van der Waals surface area contributed by atoms with Crippen molar-refractivity contribution in [1.82, 2.24) is 9.78 Å². The molecule has 0 spiro atoms. The number of benzene rings is 1. The van der Waals surface area contributed by atoms with Crippen molar-refractivity contribution < 1.29 is 8.78 Å². The Hall–Kier alpha value is -2.11. The van der Waals surface area contributed by atoms with E-state index in [9.17, 15) is 8.78 Å². The molecule has 0 radical (unpaired) electrons. The SMILES string of the molecule is Cc1nn(C(C)C)c(Nc2ccc(F)cc2F)c1N. The Kier molecular flexibility index (Phi) is 3.42. The van der Waals surface area contributed by atoms with Gasteiger partial charge >= 0.3 is 0 Å². The van der Waals surface area contributed by atoms with Crippen LogP contribution in [0.5, 0.6) is 0 Å². The maximum Gasteiger partial charge on any atom is 0.152 e. The van der Waals surface area contributed by atoms with E-state index in [4.69, 9.17) is 5.73 Å². The molecule has 3 N–H and O–H groups in total. The highest BCUT2D eigenvalue weighted by atomic mass is 19.1. The van der Waals surface area contributed by atoms with Gasteiger partial charge in [0.05, 0.1) is 17.1 Å². The molecule has 0 saturated carbocycles. The molecule has 6 heteroatoms. The number of rotatable bonds is 3. The van der Waals surface area contributed by atoms with Crippen molar-refractivity contribution in [1.29, 1.82) is 0 Å². The molecule has 0 unspecified atom stereocenters. The summed E-state index contributed by atoms with van der Waals surface area (Å²) in [7, 11) is 0. The standard InChI is InChI=1S/C13H16F2N4/c1-7(2)19-13(12(16)8(3)18-19)17-11-5-4-9(14)6-10(11)15/h4-7,17H,16H2,1-3H3.